The highest BCUT2D eigenvalue weighted by Crippen LogP contribution is 1.98. The lowest BCUT2D eigenvalue weighted by Gasteiger charge is -2.32. The van der Waals surface area contributed by atoms with Gasteiger partial charge in [0.25, 0.3) is 5.56 Å². The van der Waals surface area contributed by atoms with Gasteiger partial charge < -0.3 is 9.88 Å². The molecule has 0 saturated carbocycles. The van der Waals surface area contributed by atoms with Crippen LogP contribution in [0.1, 0.15) is 0 Å². The van der Waals surface area contributed by atoms with Crippen LogP contribution in [0.4, 0.5) is 0 Å². The van der Waals surface area contributed by atoms with Crippen molar-refractivity contribution in [2.75, 3.05) is 39.8 Å². The number of nitrogens with one attached hydrogen (secondary N) is 1. The Morgan fingerprint density at radius 1 is 1.18 bits per heavy atom. The van der Waals surface area contributed by atoms with Crippen molar-refractivity contribution in [1.82, 2.24) is 19.4 Å². The van der Waals surface area contributed by atoms with Crippen LogP contribution in [0.2, 0.25) is 0 Å². The summed E-state index contributed by atoms with van der Waals surface area (Å²) in [5.74, 6) is 0. The van der Waals surface area contributed by atoms with Crippen molar-refractivity contribution in [3.63, 3.8) is 0 Å². The van der Waals surface area contributed by atoms with Crippen LogP contribution in [0.25, 0.3) is 0 Å². The number of nitrogens with zero attached hydrogens (tertiary/aromatic N) is 3. The second-order valence-electron chi connectivity index (χ2n) is 4.42. The van der Waals surface area contributed by atoms with E-state index in [0.717, 1.165) is 32.7 Å². The summed E-state index contributed by atoms with van der Waals surface area (Å²) in [7, 11) is 2.10. The predicted octanol–water partition coefficient (Wildman–Crippen LogP) is -1.22. The molecule has 17 heavy (non-hydrogen) atoms. The van der Waals surface area contributed by atoms with Crippen LogP contribution in [0.3, 0.4) is 0 Å². The molecule has 0 atom stereocenters. The molecule has 1 saturated heterocycles. The molecule has 1 aromatic rings. The molecule has 6 heteroatoms. The molecule has 0 amide bonds. The van der Waals surface area contributed by atoms with Crippen molar-refractivity contribution >= 4 is 0 Å². The van der Waals surface area contributed by atoms with Crippen LogP contribution in [-0.2, 0) is 6.54 Å². The fraction of sp³-hybridized carbons (Fsp3) is 0.636. The first kappa shape index (κ1) is 12.1. The van der Waals surface area contributed by atoms with Gasteiger partial charge in [0.05, 0.1) is 0 Å². The van der Waals surface area contributed by atoms with Gasteiger partial charge in [0.1, 0.15) is 0 Å². The topological polar surface area (TPSA) is 61.3 Å². The molecular formula is C11H18N4O2. The first-order valence-electron chi connectivity index (χ1n) is 5.86. The molecule has 0 spiro atoms. The van der Waals surface area contributed by atoms with Gasteiger partial charge in [-0.25, -0.2) is 4.79 Å². The summed E-state index contributed by atoms with van der Waals surface area (Å²) in [5.41, 5.74) is -0.561. The van der Waals surface area contributed by atoms with Gasteiger partial charge in [-0.2, -0.15) is 0 Å². The van der Waals surface area contributed by atoms with E-state index in [-0.39, 0.29) is 11.2 Å². The number of aromatic amines is 1. The van der Waals surface area contributed by atoms with Gasteiger partial charge in [-0.05, 0) is 7.05 Å². The fourth-order valence-electron chi connectivity index (χ4n) is 1.98. The van der Waals surface area contributed by atoms with E-state index in [2.05, 4.69) is 21.8 Å². The molecule has 1 fully saturated rings. The summed E-state index contributed by atoms with van der Waals surface area (Å²) in [6, 6.07) is 1.38. The lowest BCUT2D eigenvalue weighted by molar-refractivity contribution is 0.149. The normalized spacial score (nSPS) is 18.4. The number of hydrogen-bond acceptors (Lipinski definition) is 4. The van der Waals surface area contributed by atoms with Gasteiger partial charge in [-0.1, -0.05) is 0 Å². The predicted molar refractivity (Wildman–Crippen MR) is 65.3 cm³/mol. The Morgan fingerprint density at radius 2 is 1.88 bits per heavy atom. The molecule has 1 aliphatic rings. The average molecular weight is 238 g/mol. The quantitative estimate of drug-likeness (QED) is 0.717. The Morgan fingerprint density at radius 3 is 2.53 bits per heavy atom. The zero-order valence-corrected chi connectivity index (χ0v) is 10.1. The monoisotopic (exact) mass is 238 g/mol. The third-order valence-electron chi connectivity index (χ3n) is 3.18. The molecule has 2 rings (SSSR count). The smallest absolute Gasteiger partial charge is 0.314 e. The lowest BCUT2D eigenvalue weighted by Crippen LogP contribution is -2.46. The highest BCUT2D eigenvalue weighted by Gasteiger charge is 2.13. The van der Waals surface area contributed by atoms with E-state index in [4.69, 9.17) is 0 Å². The van der Waals surface area contributed by atoms with E-state index in [1.165, 1.54) is 16.8 Å². The number of hydrogen-bond donors (Lipinski definition) is 1. The largest absolute Gasteiger partial charge is 0.328 e. The molecule has 0 radical (unpaired) electrons. The van der Waals surface area contributed by atoms with Crippen LogP contribution >= 0.6 is 0 Å². The molecule has 6 nitrogen and oxygen atoms in total. The van der Waals surface area contributed by atoms with Crippen molar-refractivity contribution in [1.29, 1.82) is 0 Å². The summed E-state index contributed by atoms with van der Waals surface area (Å²) in [6.07, 6.45) is 1.39. The molecule has 0 aliphatic carbocycles. The highest BCUT2D eigenvalue weighted by molar-refractivity contribution is 4.83. The van der Waals surface area contributed by atoms with Crippen molar-refractivity contribution in [3.8, 4) is 0 Å². The van der Waals surface area contributed by atoms with E-state index in [1.54, 1.807) is 0 Å². The number of H-pyrrole nitrogens is 1. The SMILES string of the molecule is CN1CCN(CCn2c(=O)cc[nH]c2=O)CC1. The molecule has 2 heterocycles. The summed E-state index contributed by atoms with van der Waals surface area (Å²) in [6.45, 7) is 5.28. The lowest BCUT2D eigenvalue weighted by atomic mass is 10.3. The molecule has 1 aromatic heterocycles. The van der Waals surface area contributed by atoms with E-state index in [1.807, 2.05) is 0 Å². The first-order chi connectivity index (χ1) is 8.16. The van der Waals surface area contributed by atoms with Gasteiger partial charge in [0, 0.05) is 51.5 Å². The second kappa shape index (κ2) is 5.29. The van der Waals surface area contributed by atoms with E-state index in [0.29, 0.717) is 6.54 Å². The van der Waals surface area contributed by atoms with Gasteiger partial charge >= 0.3 is 5.69 Å². The van der Waals surface area contributed by atoms with Gasteiger partial charge in [0.2, 0.25) is 0 Å². The molecule has 0 bridgehead atoms. The van der Waals surface area contributed by atoms with Crippen LogP contribution in [0, 0.1) is 0 Å². The summed E-state index contributed by atoms with van der Waals surface area (Å²) < 4.78 is 1.25. The Bertz CT molecular complexity index is 443. The maximum Gasteiger partial charge on any atom is 0.328 e. The maximum atomic E-state index is 11.5. The van der Waals surface area contributed by atoms with Crippen molar-refractivity contribution in [3.05, 3.63) is 33.1 Å². The second-order valence-corrected chi connectivity index (χ2v) is 4.42. The van der Waals surface area contributed by atoms with Crippen molar-refractivity contribution < 1.29 is 0 Å². The summed E-state index contributed by atoms with van der Waals surface area (Å²) >= 11 is 0. The van der Waals surface area contributed by atoms with Crippen molar-refractivity contribution in [2.24, 2.45) is 0 Å². The van der Waals surface area contributed by atoms with Crippen LogP contribution in [-0.4, -0.2) is 59.1 Å². The summed E-state index contributed by atoms with van der Waals surface area (Å²) in [5, 5.41) is 0. The maximum absolute atomic E-state index is 11.5. The standard InChI is InChI=1S/C11H18N4O2/c1-13-4-6-14(7-5-13)8-9-15-10(16)2-3-12-11(15)17/h2-3H,4-9H2,1H3,(H,12,17). The number of likely N-dealkylation sites (N-methyl/N-ethyl adjacent to an activating group) is 1. The minimum absolute atomic E-state index is 0.233. The first-order valence-corrected chi connectivity index (χ1v) is 5.86. The minimum Gasteiger partial charge on any atom is -0.314 e. The Kier molecular flexibility index (Phi) is 3.75. The van der Waals surface area contributed by atoms with Crippen LogP contribution in [0.5, 0.6) is 0 Å². The van der Waals surface area contributed by atoms with E-state index >= 15 is 0 Å². The number of piperazine rings is 1. The average Bonchev–Trinajstić information content (AvgIpc) is 2.31. The number of rotatable bonds is 3. The Hall–Kier alpha value is -1.40. The van der Waals surface area contributed by atoms with E-state index < -0.39 is 0 Å². The van der Waals surface area contributed by atoms with Crippen LogP contribution < -0.4 is 11.2 Å². The van der Waals surface area contributed by atoms with Gasteiger partial charge in [-0.3, -0.25) is 14.3 Å². The van der Waals surface area contributed by atoms with E-state index in [9.17, 15) is 9.59 Å². The Balaban J connectivity index is 1.94. The molecule has 94 valence electrons. The zero-order valence-electron chi connectivity index (χ0n) is 10.1. The van der Waals surface area contributed by atoms with Crippen molar-refractivity contribution in [2.45, 2.75) is 6.54 Å². The Labute approximate surface area is 99.5 Å². The van der Waals surface area contributed by atoms with Crippen LogP contribution in [0.15, 0.2) is 21.9 Å². The fourth-order valence-corrected chi connectivity index (χ4v) is 1.98. The molecule has 1 aliphatic heterocycles. The highest BCUT2D eigenvalue weighted by atomic mass is 16.2. The third-order valence-corrected chi connectivity index (χ3v) is 3.18. The minimum atomic E-state index is -0.327. The third kappa shape index (κ3) is 3.04. The molecule has 1 N–H and O–H groups in total. The van der Waals surface area contributed by atoms with Gasteiger partial charge in [-0.15, -0.1) is 0 Å². The zero-order chi connectivity index (χ0) is 12.3. The number of aromatic nitrogens is 2. The molecule has 0 aromatic carbocycles. The summed E-state index contributed by atoms with van der Waals surface area (Å²) in [4.78, 5) is 30.0. The molecule has 0 unspecified atom stereocenters. The molecular weight excluding hydrogens is 220 g/mol. The van der Waals surface area contributed by atoms with Gasteiger partial charge in [0.15, 0.2) is 0 Å².